The topological polar surface area (TPSA) is 82.5 Å². The zero-order chi connectivity index (χ0) is 23.5. The minimum atomic E-state index is -0.489. The average molecular weight is 459 g/mol. The number of aryl methyl sites for hydroxylation is 1. The van der Waals surface area contributed by atoms with E-state index in [2.05, 4.69) is 15.2 Å². The molecule has 0 saturated carbocycles. The number of benzene rings is 2. The highest BCUT2D eigenvalue weighted by Crippen LogP contribution is 2.25. The Morgan fingerprint density at radius 1 is 0.909 bits per heavy atom. The Hall–Kier alpha value is -3.98. The molecule has 0 N–H and O–H groups in total. The van der Waals surface area contributed by atoms with Gasteiger partial charge in [-0.25, -0.2) is 9.88 Å². The van der Waals surface area contributed by atoms with Crippen molar-refractivity contribution < 1.29 is 9.59 Å². The molecule has 0 bridgehead atoms. The Balaban J connectivity index is 1.64. The summed E-state index contributed by atoms with van der Waals surface area (Å²) < 4.78 is 0. The number of para-hydroxylation sites is 1. The molecular weight excluding hydrogens is 436 g/mol. The van der Waals surface area contributed by atoms with Crippen molar-refractivity contribution in [1.82, 2.24) is 15.2 Å². The first-order valence-electron chi connectivity index (χ1n) is 10.3. The van der Waals surface area contributed by atoms with Crippen molar-refractivity contribution in [1.29, 1.82) is 0 Å². The average Bonchev–Trinajstić information content (AvgIpc) is 2.80. The molecule has 33 heavy (non-hydrogen) atoms. The smallest absolute Gasteiger partial charge is 0.259 e. The monoisotopic (exact) mass is 458 g/mol. The maximum atomic E-state index is 12.7. The van der Waals surface area contributed by atoms with Crippen molar-refractivity contribution in [2.75, 3.05) is 28.8 Å². The summed E-state index contributed by atoms with van der Waals surface area (Å²) in [6.45, 7) is 1.79. The molecule has 9 heteroatoms. The second-order valence-electron chi connectivity index (χ2n) is 7.65. The molecule has 0 atom stereocenters. The lowest BCUT2D eigenvalue weighted by Crippen LogP contribution is -2.56. The van der Waals surface area contributed by atoms with Crippen LogP contribution in [-0.2, 0) is 9.59 Å². The van der Waals surface area contributed by atoms with Crippen LogP contribution in [0.5, 0.6) is 0 Å². The fourth-order valence-electron chi connectivity index (χ4n) is 3.32. The van der Waals surface area contributed by atoms with Crippen LogP contribution in [0.4, 0.5) is 17.3 Å². The zero-order valence-corrected chi connectivity index (χ0v) is 19.3. The third-order valence-corrected chi connectivity index (χ3v) is 5.49. The van der Waals surface area contributed by atoms with Gasteiger partial charge in [-0.05, 0) is 55.0 Å². The summed E-state index contributed by atoms with van der Waals surface area (Å²) in [6.07, 6.45) is 3.39. The second-order valence-corrected chi connectivity index (χ2v) is 8.02. The van der Waals surface area contributed by atoms with Crippen LogP contribution >= 0.6 is 12.2 Å². The first-order valence-corrected chi connectivity index (χ1v) is 10.7. The number of aromatic nitrogens is 3. The fraction of sp³-hybridized carbons (Fsp3) is 0.167. The third-order valence-electron chi connectivity index (χ3n) is 5.12. The minimum Gasteiger partial charge on any atom is -0.378 e. The van der Waals surface area contributed by atoms with E-state index in [1.807, 2.05) is 61.5 Å². The molecule has 0 aliphatic carbocycles. The van der Waals surface area contributed by atoms with Gasteiger partial charge in [0.2, 0.25) is 11.8 Å². The summed E-state index contributed by atoms with van der Waals surface area (Å²) in [7, 11) is 3.97. The number of anilines is 3. The van der Waals surface area contributed by atoms with Gasteiger partial charge in [0.25, 0.3) is 5.95 Å². The van der Waals surface area contributed by atoms with E-state index in [1.165, 1.54) is 9.80 Å². The van der Waals surface area contributed by atoms with E-state index >= 15 is 0 Å². The fourth-order valence-corrected chi connectivity index (χ4v) is 3.71. The maximum Gasteiger partial charge on any atom is 0.259 e. The quantitative estimate of drug-likeness (QED) is 0.428. The van der Waals surface area contributed by atoms with E-state index in [1.54, 1.807) is 31.2 Å². The largest absolute Gasteiger partial charge is 0.378 e. The van der Waals surface area contributed by atoms with Crippen LogP contribution in [0, 0.1) is 6.92 Å². The van der Waals surface area contributed by atoms with Crippen LogP contribution in [0.15, 0.2) is 54.6 Å². The van der Waals surface area contributed by atoms with Crippen LogP contribution in [-0.4, -0.2) is 46.2 Å². The van der Waals surface area contributed by atoms with Crippen LogP contribution in [0.2, 0.25) is 0 Å². The Labute approximate surface area is 197 Å². The van der Waals surface area contributed by atoms with Gasteiger partial charge in [0.1, 0.15) is 6.42 Å². The molecular formula is C24H22N6O2S. The molecule has 8 nitrogen and oxygen atoms in total. The highest BCUT2D eigenvalue weighted by Gasteiger charge is 2.38. The van der Waals surface area contributed by atoms with Gasteiger partial charge in [0.15, 0.2) is 5.11 Å². The molecule has 1 aliphatic heterocycles. The van der Waals surface area contributed by atoms with Gasteiger partial charge in [-0.1, -0.05) is 36.4 Å². The van der Waals surface area contributed by atoms with Crippen molar-refractivity contribution in [2.45, 2.75) is 13.3 Å². The molecule has 0 spiro atoms. The lowest BCUT2D eigenvalue weighted by Gasteiger charge is -2.33. The molecule has 2 aromatic carbocycles. The standard InChI is InChI=1S/C24H22N6O2S/c1-16-20(14-11-17-9-12-18(13-10-17)28(2)3)25-23(27-26-16)30-22(32)15-21(31)29(24(30)33)19-7-5-4-6-8-19/h4-14H,15H2,1-3H3/b14-11+. The number of hydrogen-bond acceptors (Lipinski definition) is 7. The SMILES string of the molecule is Cc1nnc(N2C(=O)CC(=O)N(c3ccccc3)C2=S)nc1/C=C/c1ccc(N(C)C)cc1. The molecule has 1 aromatic heterocycles. The molecule has 166 valence electrons. The van der Waals surface area contributed by atoms with Gasteiger partial charge in [-0.2, -0.15) is 0 Å². The highest BCUT2D eigenvalue weighted by molar-refractivity contribution is 7.81. The molecule has 3 aromatic rings. The molecule has 2 amide bonds. The summed E-state index contributed by atoms with van der Waals surface area (Å²) in [5.74, 6) is -0.850. The molecule has 1 fully saturated rings. The van der Waals surface area contributed by atoms with Crippen molar-refractivity contribution in [3.05, 3.63) is 71.5 Å². The van der Waals surface area contributed by atoms with Crippen molar-refractivity contribution in [3.8, 4) is 0 Å². The molecule has 4 rings (SSSR count). The van der Waals surface area contributed by atoms with Crippen molar-refractivity contribution >= 4 is 58.6 Å². The minimum absolute atomic E-state index is 0.00214. The Morgan fingerprint density at radius 2 is 1.58 bits per heavy atom. The van der Waals surface area contributed by atoms with Gasteiger partial charge in [-0.15, -0.1) is 10.2 Å². The predicted molar refractivity (Wildman–Crippen MR) is 133 cm³/mol. The summed E-state index contributed by atoms with van der Waals surface area (Å²) in [5, 5.41) is 8.25. The summed E-state index contributed by atoms with van der Waals surface area (Å²) in [5.41, 5.74) is 3.82. The number of carbonyl (C=O) groups excluding carboxylic acids is 2. The predicted octanol–water partition coefficient (Wildman–Crippen LogP) is 3.47. The van der Waals surface area contributed by atoms with Gasteiger partial charge < -0.3 is 4.90 Å². The number of amides is 2. The van der Waals surface area contributed by atoms with E-state index in [0.29, 0.717) is 17.1 Å². The van der Waals surface area contributed by atoms with E-state index in [0.717, 1.165) is 11.3 Å². The lowest BCUT2D eigenvalue weighted by atomic mass is 10.1. The number of hydrogen-bond donors (Lipinski definition) is 0. The number of rotatable bonds is 5. The first-order chi connectivity index (χ1) is 15.8. The normalized spacial score (nSPS) is 14.3. The summed E-state index contributed by atoms with van der Waals surface area (Å²) in [4.78, 5) is 34.3. The molecule has 1 saturated heterocycles. The van der Waals surface area contributed by atoms with Crippen LogP contribution in [0.25, 0.3) is 12.2 Å². The van der Waals surface area contributed by atoms with Crippen LogP contribution in [0.3, 0.4) is 0 Å². The van der Waals surface area contributed by atoms with E-state index in [-0.39, 0.29) is 17.5 Å². The van der Waals surface area contributed by atoms with Crippen molar-refractivity contribution in [3.63, 3.8) is 0 Å². The molecule has 1 aliphatic rings. The maximum absolute atomic E-state index is 12.7. The third kappa shape index (κ3) is 4.63. The number of nitrogens with zero attached hydrogens (tertiary/aromatic N) is 6. The second kappa shape index (κ2) is 9.25. The van der Waals surface area contributed by atoms with E-state index < -0.39 is 11.8 Å². The summed E-state index contributed by atoms with van der Waals surface area (Å²) >= 11 is 5.50. The van der Waals surface area contributed by atoms with Gasteiger partial charge in [0, 0.05) is 19.8 Å². The summed E-state index contributed by atoms with van der Waals surface area (Å²) in [6, 6.07) is 17.0. The van der Waals surface area contributed by atoms with Crippen LogP contribution in [0.1, 0.15) is 23.4 Å². The van der Waals surface area contributed by atoms with E-state index in [9.17, 15) is 9.59 Å². The number of thiocarbonyl (C=S) groups is 1. The lowest BCUT2D eigenvalue weighted by molar-refractivity contribution is -0.126. The number of carbonyl (C=O) groups is 2. The van der Waals surface area contributed by atoms with Crippen LogP contribution < -0.4 is 14.7 Å². The van der Waals surface area contributed by atoms with Gasteiger partial charge in [0.05, 0.1) is 17.1 Å². The Morgan fingerprint density at radius 3 is 2.24 bits per heavy atom. The Kier molecular flexibility index (Phi) is 6.23. The molecule has 0 unspecified atom stereocenters. The molecule has 0 radical (unpaired) electrons. The van der Waals surface area contributed by atoms with E-state index in [4.69, 9.17) is 12.2 Å². The van der Waals surface area contributed by atoms with Gasteiger partial charge >= 0.3 is 0 Å². The molecule has 2 heterocycles. The highest BCUT2D eigenvalue weighted by atomic mass is 32.1. The first kappa shape index (κ1) is 22.2. The zero-order valence-electron chi connectivity index (χ0n) is 18.5. The van der Waals surface area contributed by atoms with Crippen molar-refractivity contribution in [2.24, 2.45) is 0 Å². The van der Waals surface area contributed by atoms with Gasteiger partial charge in [-0.3, -0.25) is 14.5 Å². The Bertz CT molecular complexity index is 1240.